The Kier molecular flexibility index (Phi) is 4.47. The zero-order chi connectivity index (χ0) is 16.4. The van der Waals surface area contributed by atoms with Crippen LogP contribution in [0.15, 0.2) is 11.6 Å². The van der Waals surface area contributed by atoms with E-state index in [9.17, 15) is 10.5 Å². The number of thiazole rings is 1. The van der Waals surface area contributed by atoms with Crippen LogP contribution in [0.25, 0.3) is 5.57 Å². The van der Waals surface area contributed by atoms with E-state index < -0.39 is 0 Å². The van der Waals surface area contributed by atoms with Gasteiger partial charge in [0, 0.05) is 22.2 Å². The zero-order valence-corrected chi connectivity index (χ0v) is 14.6. The van der Waals surface area contributed by atoms with Crippen LogP contribution in [0, 0.1) is 35.5 Å². The van der Waals surface area contributed by atoms with Gasteiger partial charge in [-0.1, -0.05) is 6.92 Å². The molecule has 0 saturated heterocycles. The van der Waals surface area contributed by atoms with Gasteiger partial charge in [0.25, 0.3) is 0 Å². The van der Waals surface area contributed by atoms with Crippen molar-refractivity contribution in [2.45, 2.75) is 33.1 Å². The number of allylic oxidation sites excluding steroid dienone is 1. The van der Waals surface area contributed by atoms with E-state index in [0.29, 0.717) is 16.5 Å². The number of nitrogens with zero attached hydrogens (tertiary/aromatic N) is 3. The Balaban J connectivity index is 1.90. The van der Waals surface area contributed by atoms with Gasteiger partial charge in [0.15, 0.2) is 0 Å². The van der Waals surface area contributed by atoms with Crippen LogP contribution in [0.5, 0.6) is 0 Å². The van der Waals surface area contributed by atoms with Gasteiger partial charge in [0.1, 0.15) is 27.7 Å². The summed E-state index contributed by atoms with van der Waals surface area (Å²) >= 11 is 3.09. The Morgan fingerprint density at radius 3 is 2.96 bits per heavy atom. The van der Waals surface area contributed by atoms with Crippen molar-refractivity contribution in [2.75, 3.05) is 5.32 Å². The molecule has 2 heterocycles. The molecule has 1 aliphatic rings. The van der Waals surface area contributed by atoms with Crippen LogP contribution >= 0.6 is 22.7 Å². The molecule has 23 heavy (non-hydrogen) atoms. The average molecular weight is 340 g/mol. The third-order valence-corrected chi connectivity index (χ3v) is 6.12. The van der Waals surface area contributed by atoms with E-state index in [1.807, 2.05) is 12.3 Å². The lowest BCUT2D eigenvalue weighted by Crippen LogP contribution is -2.09. The topological polar surface area (TPSA) is 72.5 Å². The molecule has 0 spiro atoms. The molecular weight excluding hydrogens is 324 g/mol. The summed E-state index contributed by atoms with van der Waals surface area (Å²) in [6.45, 7) is 4.16. The van der Waals surface area contributed by atoms with E-state index in [1.165, 1.54) is 21.8 Å². The summed E-state index contributed by atoms with van der Waals surface area (Å²) in [5.41, 5.74) is 3.33. The van der Waals surface area contributed by atoms with E-state index in [4.69, 9.17) is 0 Å². The van der Waals surface area contributed by atoms with Crippen LogP contribution in [-0.2, 0) is 12.8 Å². The molecule has 1 aliphatic carbocycles. The molecule has 0 bridgehead atoms. The minimum Gasteiger partial charge on any atom is -0.351 e. The lowest BCUT2D eigenvalue weighted by molar-refractivity contribution is 0.507. The van der Waals surface area contributed by atoms with Gasteiger partial charge in [-0.05, 0) is 37.7 Å². The largest absolute Gasteiger partial charge is 0.351 e. The summed E-state index contributed by atoms with van der Waals surface area (Å²) in [6.07, 6.45) is 4.81. The van der Waals surface area contributed by atoms with Gasteiger partial charge in [-0.3, -0.25) is 0 Å². The first-order valence-electron chi connectivity index (χ1n) is 7.46. The Bertz CT molecular complexity index is 845. The summed E-state index contributed by atoms with van der Waals surface area (Å²) in [6, 6.07) is 4.50. The number of aryl methyl sites for hydroxylation is 1. The number of rotatable bonds is 3. The molecule has 4 nitrogen and oxygen atoms in total. The summed E-state index contributed by atoms with van der Waals surface area (Å²) < 4.78 is 0. The van der Waals surface area contributed by atoms with Crippen molar-refractivity contribution in [1.82, 2.24) is 4.98 Å². The molecule has 0 aliphatic heterocycles. The quantitative estimate of drug-likeness (QED) is 0.836. The van der Waals surface area contributed by atoms with Crippen LogP contribution in [0.3, 0.4) is 0 Å². The Morgan fingerprint density at radius 1 is 1.48 bits per heavy atom. The smallest absolute Gasteiger partial charge is 0.135 e. The highest BCUT2D eigenvalue weighted by atomic mass is 32.1. The lowest BCUT2D eigenvalue weighted by atomic mass is 9.89. The van der Waals surface area contributed by atoms with Crippen LogP contribution < -0.4 is 5.32 Å². The standard InChI is InChI=1S/C17H16N4S2/c1-10-3-4-13-14(7-19)17(23-15(13)5-10)20-8-12(6-18)16-21-11(2)9-22-16/h8-10,20H,3-5H2,1-2H3/b12-8+. The molecule has 2 aromatic rings. The minimum absolute atomic E-state index is 0.492. The SMILES string of the molecule is Cc1csc(/C(C#N)=C/Nc2sc3c(c2C#N)CCC(C)C3)n1. The normalized spacial score (nSPS) is 17.2. The fourth-order valence-electron chi connectivity index (χ4n) is 2.73. The van der Waals surface area contributed by atoms with Crippen molar-refractivity contribution >= 4 is 33.2 Å². The fraction of sp³-hybridized carbons (Fsp3) is 0.353. The molecule has 116 valence electrons. The van der Waals surface area contributed by atoms with Crippen molar-refractivity contribution in [3.63, 3.8) is 0 Å². The number of nitrogens with one attached hydrogen (secondary N) is 1. The number of thiophene rings is 1. The molecule has 1 unspecified atom stereocenters. The maximum Gasteiger partial charge on any atom is 0.135 e. The first kappa shape index (κ1) is 15.7. The van der Waals surface area contributed by atoms with Crippen molar-refractivity contribution in [2.24, 2.45) is 5.92 Å². The Hall–Kier alpha value is -2.15. The predicted octanol–water partition coefficient (Wildman–Crippen LogP) is 4.49. The molecular formula is C17H16N4S2. The first-order valence-corrected chi connectivity index (χ1v) is 9.16. The third kappa shape index (κ3) is 3.14. The second-order valence-electron chi connectivity index (χ2n) is 5.78. The van der Waals surface area contributed by atoms with Crippen molar-refractivity contribution < 1.29 is 0 Å². The fourth-order valence-corrected chi connectivity index (χ4v) is 4.82. The number of anilines is 1. The maximum atomic E-state index is 9.49. The number of hydrogen-bond acceptors (Lipinski definition) is 6. The van der Waals surface area contributed by atoms with E-state index in [2.05, 4.69) is 29.4 Å². The summed E-state index contributed by atoms with van der Waals surface area (Å²) in [4.78, 5) is 5.64. The summed E-state index contributed by atoms with van der Waals surface area (Å²) in [5.74, 6) is 0.670. The van der Waals surface area contributed by atoms with Gasteiger partial charge in [-0.2, -0.15) is 10.5 Å². The Labute approximate surface area is 143 Å². The van der Waals surface area contributed by atoms with E-state index in [-0.39, 0.29) is 0 Å². The molecule has 0 fully saturated rings. The molecule has 0 aromatic carbocycles. The van der Waals surface area contributed by atoms with Crippen LogP contribution in [-0.4, -0.2) is 4.98 Å². The molecule has 0 saturated carbocycles. The predicted molar refractivity (Wildman–Crippen MR) is 94.3 cm³/mol. The summed E-state index contributed by atoms with van der Waals surface area (Å²) in [7, 11) is 0. The number of nitriles is 2. The number of hydrogen-bond donors (Lipinski definition) is 1. The highest BCUT2D eigenvalue weighted by Crippen LogP contribution is 2.39. The van der Waals surface area contributed by atoms with Crippen molar-refractivity contribution in [3.05, 3.63) is 38.3 Å². The second-order valence-corrected chi connectivity index (χ2v) is 7.74. The lowest BCUT2D eigenvalue weighted by Gasteiger charge is -2.17. The van der Waals surface area contributed by atoms with Gasteiger partial charge in [0.05, 0.1) is 5.56 Å². The monoisotopic (exact) mass is 340 g/mol. The van der Waals surface area contributed by atoms with Crippen molar-refractivity contribution in [3.8, 4) is 12.1 Å². The molecule has 3 rings (SSSR count). The van der Waals surface area contributed by atoms with Gasteiger partial charge < -0.3 is 5.32 Å². The Morgan fingerprint density at radius 2 is 2.30 bits per heavy atom. The third-order valence-electron chi connectivity index (χ3n) is 3.94. The molecule has 0 amide bonds. The average Bonchev–Trinajstić information content (AvgIpc) is 3.10. The summed E-state index contributed by atoms with van der Waals surface area (Å²) in [5, 5.41) is 25.5. The van der Waals surface area contributed by atoms with E-state index in [1.54, 1.807) is 17.5 Å². The van der Waals surface area contributed by atoms with Crippen LogP contribution in [0.4, 0.5) is 5.00 Å². The van der Waals surface area contributed by atoms with Crippen LogP contribution in [0.1, 0.15) is 40.1 Å². The first-order chi connectivity index (χ1) is 11.1. The molecule has 1 atom stereocenters. The van der Waals surface area contributed by atoms with Gasteiger partial charge in [-0.15, -0.1) is 22.7 Å². The van der Waals surface area contributed by atoms with E-state index >= 15 is 0 Å². The van der Waals surface area contributed by atoms with Gasteiger partial charge in [-0.25, -0.2) is 4.98 Å². The van der Waals surface area contributed by atoms with Gasteiger partial charge >= 0.3 is 0 Å². The minimum atomic E-state index is 0.492. The maximum absolute atomic E-state index is 9.49. The number of fused-ring (bicyclic) bond motifs is 1. The highest BCUT2D eigenvalue weighted by Gasteiger charge is 2.23. The molecule has 1 N–H and O–H groups in total. The zero-order valence-electron chi connectivity index (χ0n) is 13.0. The second kappa shape index (κ2) is 6.54. The molecule has 6 heteroatoms. The number of aromatic nitrogens is 1. The van der Waals surface area contributed by atoms with Crippen molar-refractivity contribution in [1.29, 1.82) is 10.5 Å². The van der Waals surface area contributed by atoms with Crippen LogP contribution in [0.2, 0.25) is 0 Å². The highest BCUT2D eigenvalue weighted by molar-refractivity contribution is 7.16. The molecule has 0 radical (unpaired) electrons. The van der Waals surface area contributed by atoms with E-state index in [0.717, 1.165) is 35.5 Å². The molecule has 2 aromatic heterocycles. The van der Waals surface area contributed by atoms with Gasteiger partial charge in [0.2, 0.25) is 0 Å².